The van der Waals surface area contributed by atoms with Gasteiger partial charge in [0.1, 0.15) is 44.3 Å². The Morgan fingerprint density at radius 2 is 1.08 bits per heavy atom. The number of sulfone groups is 1. The maximum absolute atomic E-state index is 13.4. The van der Waals surface area contributed by atoms with Gasteiger partial charge in [0.15, 0.2) is 21.4 Å². The quantitative estimate of drug-likeness (QED) is 0.0781. The summed E-state index contributed by atoms with van der Waals surface area (Å²) in [5.41, 5.74) is 26.5. The molecule has 4 aromatic heterocycles. The van der Waals surface area contributed by atoms with Crippen LogP contribution in [-0.4, -0.2) is 129 Å². The first-order chi connectivity index (χ1) is 46.1. The molecular formula is C71H82ClN7O12S5. The second kappa shape index (κ2) is 28.3. The molecule has 0 unspecified atom stereocenters. The average Bonchev–Trinajstić information content (AvgIpc) is 1.58. The van der Waals surface area contributed by atoms with Crippen molar-refractivity contribution >= 4 is 97.0 Å². The third-order valence-electron chi connectivity index (χ3n) is 20.2. The summed E-state index contributed by atoms with van der Waals surface area (Å²) in [7, 11) is -3.59. The molecule has 1 aliphatic carbocycles. The molecule has 3 saturated heterocycles. The Balaban J connectivity index is 0.000000138. The van der Waals surface area contributed by atoms with E-state index in [0.29, 0.717) is 117 Å². The van der Waals surface area contributed by atoms with Crippen LogP contribution in [0.5, 0.6) is 17.2 Å². The molecule has 3 aromatic carbocycles. The monoisotopic (exact) mass is 1420 g/mol. The standard InChI is InChI=1S/C26H29N3O5.C23H26N2O3S2.C22H27ClN2O4S3/c1-16-11-20(17(2)33-16)24(30)28-14-19-4-6-23(34-19)25(31)29-9-7-26(8-10-29)15-32-22-5-3-18(13-27)12-21(22)26;1-29-22-19-15(3-2-4-17(19)26)20(30-22)21(27)25-9-7-23(8-10-25)13-28-18-6-5-14(12-24)11-16(18)23;1-13(2)32(27,28)19-17(23)18(31-21(19)30-3)20(26)25-8-6-22(7-9-25)12-29-16-5-4-14(11-24)10-15(16)22/h3-6,11-12H,7-10,13-15,27H2,1-2H3,(H,28,30);5-6,11H,2-4,7-10,12-13,24H2,1H3;4-5,10,13H,6-9,11-12,24H2,1-3H3. The first kappa shape index (κ1) is 69.3. The molecule has 3 spiro atoms. The van der Waals surface area contributed by atoms with Gasteiger partial charge in [0, 0.05) is 104 Å². The first-order valence-electron chi connectivity index (χ1n) is 32.6. The van der Waals surface area contributed by atoms with E-state index in [1.54, 1.807) is 68.8 Å². The van der Waals surface area contributed by atoms with Crippen LogP contribution in [0.2, 0.25) is 5.02 Å². The van der Waals surface area contributed by atoms with E-state index >= 15 is 0 Å². The molecule has 25 heteroatoms. The molecule has 6 aliphatic heterocycles. The predicted molar refractivity (Wildman–Crippen MR) is 375 cm³/mol. The number of benzene rings is 3. The number of furan rings is 2. The van der Waals surface area contributed by atoms with Crippen LogP contribution < -0.4 is 36.7 Å². The van der Waals surface area contributed by atoms with Crippen molar-refractivity contribution in [3.63, 3.8) is 0 Å². The number of nitrogens with zero attached hydrogens (tertiary/aromatic N) is 3. The molecule has 0 atom stereocenters. The van der Waals surface area contributed by atoms with Crippen molar-refractivity contribution in [2.75, 3.05) is 71.6 Å². The zero-order chi connectivity index (χ0) is 68.0. The van der Waals surface area contributed by atoms with E-state index in [9.17, 15) is 32.4 Å². The van der Waals surface area contributed by atoms with Crippen molar-refractivity contribution in [3.05, 3.63) is 161 Å². The van der Waals surface area contributed by atoms with Crippen LogP contribution in [0.15, 0.2) is 94.9 Å². The van der Waals surface area contributed by atoms with Gasteiger partial charge < -0.3 is 60.3 Å². The molecule has 96 heavy (non-hydrogen) atoms. The molecule has 0 saturated carbocycles. The first-order valence-corrected chi connectivity index (χ1v) is 38.6. The predicted octanol–water partition coefficient (Wildman–Crippen LogP) is 11.8. The number of hydrogen-bond acceptors (Lipinski definition) is 19. The maximum Gasteiger partial charge on any atom is 0.289 e. The number of piperidine rings is 3. The van der Waals surface area contributed by atoms with Crippen molar-refractivity contribution in [1.82, 2.24) is 20.0 Å². The number of thioether (sulfide) groups is 2. The minimum absolute atomic E-state index is 0.0213. The molecule has 4 amide bonds. The maximum atomic E-state index is 13.4. The van der Waals surface area contributed by atoms with Gasteiger partial charge in [0.25, 0.3) is 23.6 Å². The van der Waals surface area contributed by atoms with Gasteiger partial charge in [0.2, 0.25) is 0 Å². The van der Waals surface area contributed by atoms with Crippen LogP contribution in [0, 0.1) is 13.8 Å². The Kier molecular flexibility index (Phi) is 20.4. The number of ketones is 1. The normalized spacial score (nSPS) is 17.8. The minimum Gasteiger partial charge on any atom is -0.492 e. The summed E-state index contributed by atoms with van der Waals surface area (Å²) in [6.45, 7) is 14.2. The van der Waals surface area contributed by atoms with Crippen LogP contribution in [0.4, 0.5) is 0 Å². The lowest BCUT2D eigenvalue weighted by Crippen LogP contribution is -2.46. The number of halogens is 1. The van der Waals surface area contributed by atoms with Crippen molar-refractivity contribution in [2.24, 2.45) is 17.2 Å². The van der Waals surface area contributed by atoms with Gasteiger partial charge in [-0.3, -0.25) is 24.0 Å². The zero-order valence-corrected chi connectivity index (χ0v) is 59.8. The number of amides is 4. The van der Waals surface area contributed by atoms with Crippen LogP contribution >= 0.6 is 57.8 Å². The number of hydrogen-bond donors (Lipinski definition) is 4. The third-order valence-corrected chi connectivity index (χ3v) is 27.9. The zero-order valence-electron chi connectivity index (χ0n) is 55.0. The van der Waals surface area contributed by atoms with E-state index in [1.807, 2.05) is 52.5 Å². The molecule has 19 nitrogen and oxygen atoms in total. The van der Waals surface area contributed by atoms with Gasteiger partial charge in [-0.05, 0) is 150 Å². The van der Waals surface area contributed by atoms with Gasteiger partial charge in [-0.25, -0.2) is 8.42 Å². The molecular weight excluding hydrogens is 1340 g/mol. The number of carbonyl (C=O) groups is 5. The molecule has 0 radical (unpaired) electrons. The number of thiophene rings is 2. The number of ether oxygens (including phenoxy) is 3. The topological polar surface area (TPSA) is 273 Å². The molecule has 7 aromatic rings. The second-order valence-corrected chi connectivity index (χ2v) is 33.2. The highest BCUT2D eigenvalue weighted by Gasteiger charge is 2.48. The summed E-state index contributed by atoms with van der Waals surface area (Å²) in [4.78, 5) is 71.4. The highest BCUT2D eigenvalue weighted by Crippen LogP contribution is 2.51. The number of Topliss-reactive ketones (excluding diaryl/α,β-unsaturated/α-hetero) is 1. The summed E-state index contributed by atoms with van der Waals surface area (Å²) in [5, 5.41) is 2.26. The Hall–Kier alpha value is -6.61. The lowest BCUT2D eigenvalue weighted by Gasteiger charge is -2.38. The fourth-order valence-corrected chi connectivity index (χ4v) is 21.0. The number of rotatable bonds is 13. The average molecular weight is 1420 g/mol. The van der Waals surface area contributed by atoms with E-state index in [-0.39, 0.29) is 67.9 Å². The van der Waals surface area contributed by atoms with E-state index in [0.717, 1.165) is 106 Å². The highest BCUT2D eigenvalue weighted by atomic mass is 35.5. The Bertz CT molecular complexity index is 4260. The summed E-state index contributed by atoms with van der Waals surface area (Å²) >= 11 is 12.1. The number of aryl methyl sites for hydroxylation is 2. The van der Waals surface area contributed by atoms with Crippen LogP contribution in [0.3, 0.4) is 0 Å². The van der Waals surface area contributed by atoms with Crippen LogP contribution in [0.1, 0.15) is 172 Å². The summed E-state index contributed by atoms with van der Waals surface area (Å²) < 4.78 is 56.3. The van der Waals surface area contributed by atoms with Gasteiger partial charge in [-0.1, -0.05) is 48.0 Å². The molecule has 0 bridgehead atoms. The SMILES string of the molecule is CSc1sc(C(=O)N2CCC3(CC2)COc2ccc(CN)cc23)c(Cl)c1S(=O)(=O)C(C)C.CSc1sc(C(=O)N2CCC3(CC2)COc2ccc(CN)cc23)c2c1C(=O)CCC2.Cc1cc(C(=O)NCc2ccc(C(=O)N3CCC4(CC3)COc3ccc(CN)cc34)o2)c(C)o1. The van der Waals surface area contributed by atoms with Crippen LogP contribution in [-0.2, 0) is 58.7 Å². The molecule has 510 valence electrons. The lowest BCUT2D eigenvalue weighted by molar-refractivity contribution is 0.0611. The fraction of sp³-hybridized carbons (Fsp3) is 0.451. The Morgan fingerprint density at radius 1 is 0.625 bits per heavy atom. The van der Waals surface area contributed by atoms with Gasteiger partial charge in [-0.15, -0.1) is 46.2 Å². The second-order valence-electron chi connectivity index (χ2n) is 26.2. The molecule has 14 rings (SSSR count). The Labute approximate surface area is 581 Å². The van der Waals surface area contributed by atoms with Gasteiger partial charge >= 0.3 is 0 Å². The molecule has 7 N–H and O–H groups in total. The number of likely N-dealkylation sites (tertiary alicyclic amines) is 3. The molecule has 7 aliphatic rings. The van der Waals surface area contributed by atoms with E-state index in [4.69, 9.17) is 51.8 Å². The summed E-state index contributed by atoms with van der Waals surface area (Å²) in [6, 6.07) is 23.6. The van der Waals surface area contributed by atoms with E-state index in [1.165, 1.54) is 51.1 Å². The van der Waals surface area contributed by atoms with Crippen molar-refractivity contribution in [3.8, 4) is 17.2 Å². The van der Waals surface area contributed by atoms with Crippen LogP contribution in [0.25, 0.3) is 0 Å². The minimum atomic E-state index is -3.59. The Morgan fingerprint density at radius 3 is 1.52 bits per heavy atom. The lowest BCUT2D eigenvalue weighted by atomic mass is 9.74. The third kappa shape index (κ3) is 13.2. The number of fused-ring (bicyclic) bond motifs is 7. The van der Waals surface area contributed by atoms with Crippen molar-refractivity contribution < 1.29 is 55.4 Å². The largest absolute Gasteiger partial charge is 0.492 e. The van der Waals surface area contributed by atoms with Crippen molar-refractivity contribution in [2.45, 2.75) is 146 Å². The number of nitrogens with two attached hydrogens (primary N) is 3. The summed E-state index contributed by atoms with van der Waals surface area (Å²) in [5.74, 6) is 4.56. The fourth-order valence-electron chi connectivity index (χ4n) is 14.4. The van der Waals surface area contributed by atoms with E-state index in [2.05, 4.69) is 23.5 Å². The highest BCUT2D eigenvalue weighted by molar-refractivity contribution is 8.01. The summed E-state index contributed by atoms with van der Waals surface area (Å²) in [6.07, 6.45) is 11.0. The smallest absolute Gasteiger partial charge is 0.289 e. The van der Waals surface area contributed by atoms with Gasteiger partial charge in [-0.2, -0.15) is 0 Å². The van der Waals surface area contributed by atoms with Crippen molar-refractivity contribution in [1.29, 1.82) is 0 Å². The number of carbonyl (C=O) groups excluding carboxylic acids is 5. The number of nitrogens with one attached hydrogen (secondary N) is 1. The van der Waals surface area contributed by atoms with E-state index < -0.39 is 15.1 Å². The van der Waals surface area contributed by atoms with Gasteiger partial charge in [0.05, 0.1) is 55.5 Å². The molecule has 3 fully saturated rings. The molecule has 10 heterocycles.